The number of benzene rings is 1. The van der Waals surface area contributed by atoms with E-state index < -0.39 is 4.92 Å². The van der Waals surface area contributed by atoms with Crippen molar-refractivity contribution < 1.29 is 9.72 Å². The molecular formula is C14H13N5O3S. The molecule has 1 aromatic carbocycles. The molecule has 0 saturated heterocycles. The Morgan fingerprint density at radius 3 is 2.57 bits per heavy atom. The normalized spacial score (nSPS) is 11.1. The van der Waals surface area contributed by atoms with Crippen LogP contribution >= 0.6 is 11.8 Å². The van der Waals surface area contributed by atoms with E-state index in [1.54, 1.807) is 37.5 Å². The number of nitrogens with zero attached hydrogens (tertiary/aromatic N) is 4. The number of nitro benzene ring substituents is 1. The minimum Gasteiger partial charge on any atom is -0.272 e. The average molecular weight is 331 g/mol. The molecule has 0 aliphatic heterocycles. The van der Waals surface area contributed by atoms with Crippen molar-refractivity contribution in [2.24, 2.45) is 5.10 Å². The van der Waals surface area contributed by atoms with Gasteiger partial charge in [0.05, 0.1) is 16.4 Å². The number of hydrogen-bond donors (Lipinski definition) is 1. The summed E-state index contributed by atoms with van der Waals surface area (Å²) >= 11 is 1.20. The number of rotatable bonds is 6. The maximum atomic E-state index is 11.7. The highest BCUT2D eigenvalue weighted by Crippen LogP contribution is 2.12. The van der Waals surface area contributed by atoms with Gasteiger partial charge in [-0.15, -0.1) is 0 Å². The van der Waals surface area contributed by atoms with Crippen LogP contribution in [0.1, 0.15) is 12.5 Å². The molecule has 1 aromatic heterocycles. The van der Waals surface area contributed by atoms with Crippen LogP contribution < -0.4 is 5.43 Å². The van der Waals surface area contributed by atoms with Crippen molar-refractivity contribution in [3.8, 4) is 0 Å². The lowest BCUT2D eigenvalue weighted by Gasteiger charge is -2.02. The van der Waals surface area contributed by atoms with Gasteiger partial charge in [-0.25, -0.2) is 15.4 Å². The lowest BCUT2D eigenvalue weighted by Crippen LogP contribution is -2.21. The van der Waals surface area contributed by atoms with Gasteiger partial charge in [0.25, 0.3) is 11.6 Å². The predicted octanol–water partition coefficient (Wildman–Crippen LogP) is 2.02. The van der Waals surface area contributed by atoms with Gasteiger partial charge in [-0.3, -0.25) is 14.9 Å². The fourth-order valence-electron chi connectivity index (χ4n) is 1.56. The first kappa shape index (κ1) is 16.6. The van der Waals surface area contributed by atoms with Crippen molar-refractivity contribution in [3.63, 3.8) is 0 Å². The van der Waals surface area contributed by atoms with Crippen molar-refractivity contribution in [1.82, 2.24) is 15.4 Å². The molecule has 8 nitrogen and oxygen atoms in total. The molecule has 0 bridgehead atoms. The molecule has 0 unspecified atom stereocenters. The smallest absolute Gasteiger partial charge is 0.269 e. The molecule has 0 radical (unpaired) electrons. The summed E-state index contributed by atoms with van der Waals surface area (Å²) in [5, 5.41) is 15.1. The van der Waals surface area contributed by atoms with Gasteiger partial charge in [0.1, 0.15) is 0 Å². The monoisotopic (exact) mass is 331 g/mol. The fourth-order valence-corrected chi connectivity index (χ4v) is 2.15. The molecule has 23 heavy (non-hydrogen) atoms. The third-order valence-corrected chi connectivity index (χ3v) is 3.59. The number of amides is 1. The van der Waals surface area contributed by atoms with Crippen LogP contribution in [0.5, 0.6) is 0 Å². The zero-order valence-corrected chi connectivity index (χ0v) is 13.0. The minimum atomic E-state index is -0.471. The second-order valence-corrected chi connectivity index (χ2v) is 5.30. The summed E-state index contributed by atoms with van der Waals surface area (Å²) < 4.78 is 0. The lowest BCUT2D eigenvalue weighted by molar-refractivity contribution is -0.384. The van der Waals surface area contributed by atoms with E-state index in [1.165, 1.54) is 23.9 Å². The molecule has 9 heteroatoms. The maximum absolute atomic E-state index is 11.7. The Balaban J connectivity index is 1.88. The number of non-ortho nitro benzene ring substituents is 1. The van der Waals surface area contributed by atoms with E-state index in [4.69, 9.17) is 0 Å². The Morgan fingerprint density at radius 2 is 1.96 bits per heavy atom. The molecule has 0 saturated carbocycles. The van der Waals surface area contributed by atoms with Gasteiger partial charge in [-0.05, 0) is 30.7 Å². The van der Waals surface area contributed by atoms with Crippen LogP contribution in [0.3, 0.4) is 0 Å². The highest BCUT2D eigenvalue weighted by Gasteiger charge is 2.07. The first-order valence-electron chi connectivity index (χ1n) is 6.54. The Hall–Kier alpha value is -2.81. The van der Waals surface area contributed by atoms with Crippen molar-refractivity contribution >= 4 is 29.1 Å². The SMILES string of the molecule is C/C(=N/NC(=O)CSc1ncccn1)c1ccc([N+](=O)[O-])cc1. The van der Waals surface area contributed by atoms with Crippen LogP contribution in [0.15, 0.2) is 53.0 Å². The van der Waals surface area contributed by atoms with E-state index in [-0.39, 0.29) is 17.3 Å². The van der Waals surface area contributed by atoms with E-state index in [0.29, 0.717) is 16.4 Å². The minimum absolute atomic E-state index is 0.00449. The summed E-state index contributed by atoms with van der Waals surface area (Å²) in [6.07, 6.45) is 3.20. The summed E-state index contributed by atoms with van der Waals surface area (Å²) in [5.41, 5.74) is 3.67. The molecule has 118 valence electrons. The van der Waals surface area contributed by atoms with E-state index >= 15 is 0 Å². The largest absolute Gasteiger partial charge is 0.272 e. The first-order valence-corrected chi connectivity index (χ1v) is 7.52. The van der Waals surface area contributed by atoms with Crippen molar-refractivity contribution in [1.29, 1.82) is 0 Å². The Bertz CT molecular complexity index is 719. The number of hydrazone groups is 1. The van der Waals surface area contributed by atoms with Gasteiger partial charge < -0.3 is 0 Å². The van der Waals surface area contributed by atoms with E-state index in [0.717, 1.165) is 0 Å². The summed E-state index contributed by atoms with van der Waals surface area (Å²) in [4.78, 5) is 29.8. The second kappa shape index (κ2) is 7.99. The molecule has 2 rings (SSSR count). The van der Waals surface area contributed by atoms with E-state index in [2.05, 4.69) is 20.5 Å². The summed E-state index contributed by atoms with van der Waals surface area (Å²) in [7, 11) is 0. The highest BCUT2D eigenvalue weighted by molar-refractivity contribution is 7.99. The first-order chi connectivity index (χ1) is 11.1. The number of aromatic nitrogens is 2. The molecular weight excluding hydrogens is 318 g/mol. The van der Waals surface area contributed by atoms with Crippen LogP contribution in [-0.4, -0.2) is 32.3 Å². The van der Waals surface area contributed by atoms with Gasteiger partial charge in [-0.1, -0.05) is 11.8 Å². The summed E-state index contributed by atoms with van der Waals surface area (Å²) in [5.74, 6) is -0.148. The average Bonchev–Trinajstić information content (AvgIpc) is 2.58. The Morgan fingerprint density at radius 1 is 1.30 bits per heavy atom. The van der Waals surface area contributed by atoms with E-state index in [9.17, 15) is 14.9 Å². The standard InChI is InChI=1S/C14H13N5O3S/c1-10(11-3-5-12(6-4-11)19(21)22)17-18-13(20)9-23-14-15-7-2-8-16-14/h2-8H,9H2,1H3,(H,18,20)/b17-10-. The number of thioether (sulfide) groups is 1. The van der Waals surface area contributed by atoms with Gasteiger partial charge in [0, 0.05) is 24.5 Å². The maximum Gasteiger partial charge on any atom is 0.269 e. The fraction of sp³-hybridized carbons (Fsp3) is 0.143. The number of nitrogens with one attached hydrogen (secondary N) is 1. The zero-order valence-electron chi connectivity index (χ0n) is 12.2. The van der Waals surface area contributed by atoms with Crippen LogP contribution in [0.2, 0.25) is 0 Å². The number of hydrogen-bond acceptors (Lipinski definition) is 7. The summed E-state index contributed by atoms with van der Waals surface area (Å²) in [6.45, 7) is 1.70. The van der Waals surface area contributed by atoms with Crippen molar-refractivity contribution in [2.75, 3.05) is 5.75 Å². The third kappa shape index (κ3) is 5.15. The molecule has 0 spiro atoms. The van der Waals surface area contributed by atoms with Crippen LogP contribution in [-0.2, 0) is 4.79 Å². The summed E-state index contributed by atoms with van der Waals surface area (Å²) in [6, 6.07) is 7.63. The van der Waals surface area contributed by atoms with Crippen LogP contribution in [0.4, 0.5) is 5.69 Å². The molecule has 1 heterocycles. The Labute approximate surface area is 136 Å². The van der Waals surface area contributed by atoms with Crippen LogP contribution in [0, 0.1) is 10.1 Å². The second-order valence-electron chi connectivity index (χ2n) is 4.36. The Kier molecular flexibility index (Phi) is 5.75. The topological polar surface area (TPSA) is 110 Å². The number of nitro groups is 1. The van der Waals surface area contributed by atoms with Gasteiger partial charge >= 0.3 is 0 Å². The van der Waals surface area contributed by atoms with Gasteiger partial charge in [0.15, 0.2) is 5.16 Å². The molecule has 0 aliphatic carbocycles. The van der Waals surface area contributed by atoms with Gasteiger partial charge in [-0.2, -0.15) is 5.10 Å². The predicted molar refractivity (Wildman–Crippen MR) is 86.2 cm³/mol. The molecule has 0 aliphatic rings. The third-order valence-electron chi connectivity index (χ3n) is 2.72. The molecule has 1 amide bonds. The van der Waals surface area contributed by atoms with E-state index in [1.807, 2.05) is 0 Å². The molecule has 2 aromatic rings. The number of carbonyl (C=O) groups is 1. The van der Waals surface area contributed by atoms with Crippen molar-refractivity contribution in [3.05, 3.63) is 58.4 Å². The number of carbonyl (C=O) groups excluding carboxylic acids is 1. The van der Waals surface area contributed by atoms with Gasteiger partial charge in [0.2, 0.25) is 0 Å². The highest BCUT2D eigenvalue weighted by atomic mass is 32.2. The van der Waals surface area contributed by atoms with Crippen LogP contribution in [0.25, 0.3) is 0 Å². The molecule has 1 N–H and O–H groups in total. The van der Waals surface area contributed by atoms with Crippen molar-refractivity contribution in [2.45, 2.75) is 12.1 Å². The molecule has 0 fully saturated rings. The lowest BCUT2D eigenvalue weighted by atomic mass is 10.1. The molecule has 0 atom stereocenters. The quantitative estimate of drug-likeness (QED) is 0.285. The zero-order chi connectivity index (χ0) is 16.7.